The maximum Gasteiger partial charge on any atom is 0.336 e. The number of carbonyl (C=O) groups excluding carboxylic acids is 1. The Morgan fingerprint density at radius 1 is 0.964 bits per heavy atom. The summed E-state index contributed by atoms with van der Waals surface area (Å²) in [5, 5.41) is 20.8. The molecule has 3 N–H and O–H groups in total. The Labute approximate surface area is 159 Å². The summed E-state index contributed by atoms with van der Waals surface area (Å²) >= 11 is 0. The molecule has 0 fully saturated rings. The van der Waals surface area contributed by atoms with E-state index in [0.29, 0.717) is 22.9 Å². The number of benzene rings is 2. The van der Waals surface area contributed by atoms with E-state index in [1.165, 1.54) is 24.3 Å². The van der Waals surface area contributed by atoms with E-state index in [4.69, 9.17) is 9.52 Å². The second-order valence-corrected chi connectivity index (χ2v) is 5.94. The minimum absolute atomic E-state index is 0.0509. The Hall–Kier alpha value is -3.94. The highest BCUT2D eigenvalue weighted by molar-refractivity contribution is 6.04. The molecule has 1 heterocycles. The van der Waals surface area contributed by atoms with Crippen molar-refractivity contribution in [1.29, 1.82) is 0 Å². The molecule has 0 aliphatic carbocycles. The lowest BCUT2D eigenvalue weighted by molar-refractivity contribution is 0.0684. The highest BCUT2D eigenvalue weighted by Crippen LogP contribution is 2.22. The third-order valence-corrected chi connectivity index (χ3v) is 4.09. The van der Waals surface area contributed by atoms with Crippen LogP contribution in [0.3, 0.4) is 0 Å². The van der Waals surface area contributed by atoms with Crippen molar-refractivity contribution in [3.05, 3.63) is 76.7 Å². The predicted molar refractivity (Wildman–Crippen MR) is 98.2 cm³/mol. The molecule has 3 aromatic rings. The first-order valence-electron chi connectivity index (χ1n) is 8.27. The van der Waals surface area contributed by atoms with E-state index in [0.717, 1.165) is 0 Å². The van der Waals surface area contributed by atoms with Gasteiger partial charge in [0.2, 0.25) is 5.89 Å². The zero-order valence-corrected chi connectivity index (χ0v) is 14.8. The lowest BCUT2D eigenvalue weighted by Gasteiger charge is -2.06. The quantitative estimate of drug-likeness (QED) is 0.599. The van der Waals surface area contributed by atoms with Crippen molar-refractivity contribution in [2.45, 2.75) is 13.5 Å². The van der Waals surface area contributed by atoms with E-state index in [-0.39, 0.29) is 23.2 Å². The molecule has 28 heavy (non-hydrogen) atoms. The van der Waals surface area contributed by atoms with Gasteiger partial charge >= 0.3 is 11.9 Å². The lowest BCUT2D eigenvalue weighted by atomic mass is 10.1. The van der Waals surface area contributed by atoms with Gasteiger partial charge in [-0.25, -0.2) is 14.6 Å². The Balaban J connectivity index is 1.75. The number of nitrogens with zero attached hydrogens (tertiary/aromatic N) is 1. The Morgan fingerprint density at radius 2 is 1.61 bits per heavy atom. The number of carboxylic acids is 2. The fourth-order valence-corrected chi connectivity index (χ4v) is 2.60. The normalized spacial score (nSPS) is 10.5. The Bertz CT molecular complexity index is 1050. The Morgan fingerprint density at radius 3 is 2.21 bits per heavy atom. The molecule has 1 aromatic heterocycles. The van der Waals surface area contributed by atoms with Crippen molar-refractivity contribution < 1.29 is 29.0 Å². The second kappa shape index (κ2) is 7.75. The summed E-state index contributed by atoms with van der Waals surface area (Å²) in [5.41, 5.74) is 1.20. The SMILES string of the molecule is Cc1oc(-c2ccc(C(=O)O)cc2)nc1CNC(=O)c1ccccc1C(=O)O. The topological polar surface area (TPSA) is 130 Å². The number of aromatic carboxylic acids is 2. The minimum atomic E-state index is -1.18. The third kappa shape index (κ3) is 3.90. The van der Waals surface area contributed by atoms with Crippen LogP contribution in [0.5, 0.6) is 0 Å². The van der Waals surface area contributed by atoms with Crippen LogP contribution in [0.4, 0.5) is 0 Å². The van der Waals surface area contributed by atoms with E-state index in [1.54, 1.807) is 31.2 Å². The van der Waals surface area contributed by atoms with Crippen molar-refractivity contribution in [2.75, 3.05) is 0 Å². The molecule has 0 saturated carbocycles. The number of carboxylic acid groups (broad SMARTS) is 2. The van der Waals surface area contributed by atoms with Crippen LogP contribution < -0.4 is 5.32 Å². The maximum absolute atomic E-state index is 12.3. The van der Waals surface area contributed by atoms with Crippen molar-refractivity contribution in [1.82, 2.24) is 10.3 Å². The summed E-state index contributed by atoms with van der Waals surface area (Å²) in [6.07, 6.45) is 0. The van der Waals surface area contributed by atoms with Gasteiger partial charge in [0.25, 0.3) is 5.91 Å². The molecule has 0 aliphatic rings. The number of carbonyl (C=O) groups is 3. The van der Waals surface area contributed by atoms with Crippen molar-refractivity contribution in [3.63, 3.8) is 0 Å². The van der Waals surface area contributed by atoms with Gasteiger partial charge in [0.1, 0.15) is 11.5 Å². The van der Waals surface area contributed by atoms with E-state index in [1.807, 2.05) is 0 Å². The average molecular weight is 380 g/mol. The van der Waals surface area contributed by atoms with Crippen LogP contribution in [-0.2, 0) is 6.54 Å². The van der Waals surface area contributed by atoms with Crippen molar-refractivity contribution in [3.8, 4) is 11.5 Å². The highest BCUT2D eigenvalue weighted by Gasteiger charge is 2.17. The van der Waals surface area contributed by atoms with Crippen LogP contribution in [0.15, 0.2) is 52.9 Å². The Kier molecular flexibility index (Phi) is 5.21. The third-order valence-electron chi connectivity index (χ3n) is 4.09. The molecular formula is C20H16N2O6. The van der Waals surface area contributed by atoms with Crippen molar-refractivity contribution in [2.24, 2.45) is 0 Å². The number of oxazole rings is 1. The van der Waals surface area contributed by atoms with Gasteiger partial charge in [0.15, 0.2) is 0 Å². The largest absolute Gasteiger partial charge is 0.478 e. The standard InChI is InChI=1S/C20H16N2O6/c1-11-16(10-21-17(23)14-4-2-3-5-15(14)20(26)27)22-18(28-11)12-6-8-13(9-7-12)19(24)25/h2-9H,10H2,1H3,(H,21,23)(H,24,25)(H,26,27). The number of aryl methyl sites for hydroxylation is 1. The number of nitrogens with one attached hydrogen (secondary N) is 1. The van der Waals surface area contributed by atoms with Gasteiger partial charge in [-0.1, -0.05) is 12.1 Å². The van der Waals surface area contributed by atoms with Gasteiger partial charge in [-0.15, -0.1) is 0 Å². The van der Waals surface area contributed by atoms with Gasteiger partial charge in [0, 0.05) is 5.56 Å². The molecule has 0 aliphatic heterocycles. The number of hydrogen-bond donors (Lipinski definition) is 3. The molecule has 0 unspecified atom stereocenters. The van der Waals surface area contributed by atoms with Crippen LogP contribution in [0.2, 0.25) is 0 Å². The van der Waals surface area contributed by atoms with Gasteiger partial charge in [0.05, 0.1) is 23.2 Å². The molecule has 3 rings (SSSR count). The number of rotatable bonds is 6. The molecule has 2 aromatic carbocycles. The zero-order valence-electron chi connectivity index (χ0n) is 14.8. The zero-order chi connectivity index (χ0) is 20.3. The van der Waals surface area contributed by atoms with Crippen LogP contribution in [0.1, 0.15) is 42.5 Å². The molecule has 142 valence electrons. The summed E-state index contributed by atoms with van der Waals surface area (Å²) in [7, 11) is 0. The van der Waals surface area contributed by atoms with Gasteiger partial charge in [-0.05, 0) is 43.3 Å². The number of hydrogen-bond acceptors (Lipinski definition) is 5. The molecule has 0 atom stereocenters. The molecular weight excluding hydrogens is 364 g/mol. The monoisotopic (exact) mass is 380 g/mol. The van der Waals surface area contributed by atoms with Gasteiger partial charge < -0.3 is 19.9 Å². The van der Waals surface area contributed by atoms with E-state index >= 15 is 0 Å². The minimum Gasteiger partial charge on any atom is -0.478 e. The average Bonchev–Trinajstić information content (AvgIpc) is 3.06. The number of aromatic nitrogens is 1. The summed E-state index contributed by atoms with van der Waals surface area (Å²) in [6.45, 7) is 1.74. The smallest absolute Gasteiger partial charge is 0.336 e. The second-order valence-electron chi connectivity index (χ2n) is 5.94. The first-order chi connectivity index (χ1) is 13.4. The molecule has 8 nitrogen and oxygen atoms in total. The van der Waals surface area contributed by atoms with Crippen LogP contribution in [0, 0.1) is 6.92 Å². The lowest BCUT2D eigenvalue weighted by Crippen LogP contribution is -2.25. The maximum atomic E-state index is 12.3. The van der Waals surface area contributed by atoms with Gasteiger partial charge in [-0.2, -0.15) is 0 Å². The van der Waals surface area contributed by atoms with Crippen LogP contribution in [0.25, 0.3) is 11.5 Å². The highest BCUT2D eigenvalue weighted by atomic mass is 16.4. The van der Waals surface area contributed by atoms with Crippen LogP contribution in [-0.4, -0.2) is 33.0 Å². The van der Waals surface area contributed by atoms with Crippen molar-refractivity contribution >= 4 is 17.8 Å². The van der Waals surface area contributed by atoms with Gasteiger partial charge in [-0.3, -0.25) is 4.79 Å². The fraction of sp³-hybridized carbons (Fsp3) is 0.100. The summed E-state index contributed by atoms with van der Waals surface area (Å²) in [6, 6.07) is 12.0. The first kappa shape index (κ1) is 18.8. The first-order valence-corrected chi connectivity index (χ1v) is 8.27. The summed E-state index contributed by atoms with van der Waals surface area (Å²) in [4.78, 5) is 38.8. The molecule has 8 heteroatoms. The summed E-state index contributed by atoms with van der Waals surface area (Å²) < 4.78 is 5.60. The molecule has 1 amide bonds. The molecule has 0 spiro atoms. The van der Waals surface area contributed by atoms with E-state index in [9.17, 15) is 19.5 Å². The van der Waals surface area contributed by atoms with Crippen LogP contribution >= 0.6 is 0 Å². The predicted octanol–water partition coefficient (Wildman–Crippen LogP) is 2.98. The molecule has 0 bridgehead atoms. The number of amides is 1. The van der Waals surface area contributed by atoms with E-state index in [2.05, 4.69) is 10.3 Å². The molecule has 0 radical (unpaired) electrons. The fourth-order valence-electron chi connectivity index (χ4n) is 2.60. The molecule has 0 saturated heterocycles. The summed E-state index contributed by atoms with van der Waals surface area (Å²) in [5.74, 6) is -1.96. The van der Waals surface area contributed by atoms with E-state index < -0.39 is 17.8 Å².